The Kier molecular flexibility index (Phi) is 4.01. The molecular weight excluding hydrogens is 318 g/mol. The maximum Gasteiger partial charge on any atom is 0.407 e. The van der Waals surface area contributed by atoms with Crippen LogP contribution in [-0.2, 0) is 4.74 Å². The van der Waals surface area contributed by atoms with Gasteiger partial charge in [0, 0.05) is 17.5 Å². The van der Waals surface area contributed by atoms with Gasteiger partial charge in [-0.25, -0.2) is 4.79 Å². The zero-order valence-corrected chi connectivity index (χ0v) is 13.9. The summed E-state index contributed by atoms with van der Waals surface area (Å²) in [4.78, 5) is 11.9. The van der Waals surface area contributed by atoms with Gasteiger partial charge in [-0.2, -0.15) is 5.10 Å². The van der Waals surface area contributed by atoms with Crippen molar-refractivity contribution in [2.75, 3.05) is 13.2 Å². The van der Waals surface area contributed by atoms with Gasteiger partial charge < -0.3 is 14.8 Å². The lowest BCUT2D eigenvalue weighted by atomic mass is 10.0. The summed E-state index contributed by atoms with van der Waals surface area (Å²) in [7, 11) is 0. The van der Waals surface area contributed by atoms with Gasteiger partial charge in [-0.1, -0.05) is 18.2 Å². The van der Waals surface area contributed by atoms with Crippen LogP contribution < -0.4 is 10.1 Å². The van der Waals surface area contributed by atoms with E-state index < -0.39 is 6.09 Å². The maximum absolute atomic E-state index is 11.9. The zero-order chi connectivity index (χ0) is 17.2. The summed E-state index contributed by atoms with van der Waals surface area (Å²) in [5.74, 6) is 0.789. The van der Waals surface area contributed by atoms with Crippen molar-refractivity contribution in [3.05, 3.63) is 48.0 Å². The van der Waals surface area contributed by atoms with Gasteiger partial charge in [0.1, 0.15) is 17.5 Å². The van der Waals surface area contributed by atoms with Crippen molar-refractivity contribution in [3.8, 4) is 17.0 Å². The van der Waals surface area contributed by atoms with Crippen molar-refractivity contribution in [3.63, 3.8) is 0 Å². The lowest BCUT2D eigenvalue weighted by Crippen LogP contribution is -2.27. The maximum atomic E-state index is 11.9. The van der Waals surface area contributed by atoms with E-state index in [4.69, 9.17) is 9.47 Å². The highest BCUT2D eigenvalue weighted by Gasteiger charge is 2.15. The van der Waals surface area contributed by atoms with Crippen LogP contribution in [0.3, 0.4) is 0 Å². The molecule has 1 aliphatic heterocycles. The van der Waals surface area contributed by atoms with E-state index in [9.17, 15) is 4.79 Å². The van der Waals surface area contributed by atoms with Crippen LogP contribution in [0, 0.1) is 0 Å². The molecule has 6 heteroatoms. The Balaban J connectivity index is 1.81. The van der Waals surface area contributed by atoms with Gasteiger partial charge in [-0.05, 0) is 43.2 Å². The van der Waals surface area contributed by atoms with Gasteiger partial charge in [0.25, 0.3) is 0 Å². The number of nitrogens with one attached hydrogen (secondary N) is 2. The molecule has 0 fully saturated rings. The van der Waals surface area contributed by atoms with Gasteiger partial charge in [0.05, 0.1) is 12.1 Å². The number of hydrogen-bond donors (Lipinski definition) is 2. The smallest absolute Gasteiger partial charge is 0.407 e. The summed E-state index contributed by atoms with van der Waals surface area (Å²) >= 11 is 0. The topological polar surface area (TPSA) is 76.2 Å². The lowest BCUT2D eigenvalue weighted by molar-refractivity contribution is 0.107. The molecule has 0 saturated carbocycles. The van der Waals surface area contributed by atoms with E-state index >= 15 is 0 Å². The molecule has 0 aliphatic carbocycles. The van der Waals surface area contributed by atoms with Crippen molar-refractivity contribution in [2.45, 2.75) is 19.4 Å². The molecule has 0 unspecified atom stereocenters. The third-order valence-electron chi connectivity index (χ3n) is 4.31. The SMILES string of the molecule is C[C@@H]1OC(=O)NCCCOc2ccc3[nH]nc(c3c2)-c2cccc1c2. The molecule has 4 bridgehead atoms. The molecule has 0 radical (unpaired) electrons. The molecular formula is C19H19N3O3. The number of carbonyl (C=O) groups excluding carboxylic acids is 1. The Morgan fingerprint density at radius 2 is 2.12 bits per heavy atom. The van der Waals surface area contributed by atoms with Gasteiger partial charge in [0.15, 0.2) is 0 Å². The summed E-state index contributed by atoms with van der Waals surface area (Å²) in [6.07, 6.45) is -0.0642. The molecule has 0 saturated heterocycles. The van der Waals surface area contributed by atoms with Gasteiger partial charge in [0.2, 0.25) is 0 Å². The van der Waals surface area contributed by atoms with E-state index in [1.807, 2.05) is 49.4 Å². The van der Waals surface area contributed by atoms with Crippen molar-refractivity contribution in [2.24, 2.45) is 0 Å². The summed E-state index contributed by atoms with van der Waals surface area (Å²) < 4.78 is 11.2. The fourth-order valence-electron chi connectivity index (χ4n) is 2.96. The largest absolute Gasteiger partial charge is 0.494 e. The quantitative estimate of drug-likeness (QED) is 0.654. The van der Waals surface area contributed by atoms with Crippen LogP contribution in [-0.4, -0.2) is 29.4 Å². The van der Waals surface area contributed by atoms with Gasteiger partial charge in [-0.15, -0.1) is 0 Å². The van der Waals surface area contributed by atoms with E-state index in [1.54, 1.807) is 0 Å². The number of H-pyrrole nitrogens is 1. The van der Waals surface area contributed by atoms with E-state index in [1.165, 1.54) is 0 Å². The first-order chi connectivity index (χ1) is 12.2. The predicted molar refractivity (Wildman–Crippen MR) is 94.5 cm³/mol. The average molecular weight is 337 g/mol. The fourth-order valence-corrected chi connectivity index (χ4v) is 2.96. The molecule has 1 amide bonds. The minimum absolute atomic E-state index is 0.345. The minimum Gasteiger partial charge on any atom is -0.494 e. The first-order valence-electron chi connectivity index (χ1n) is 8.36. The lowest BCUT2D eigenvalue weighted by Gasteiger charge is -2.15. The molecule has 2 aromatic carbocycles. The highest BCUT2D eigenvalue weighted by Crippen LogP contribution is 2.31. The summed E-state index contributed by atoms with van der Waals surface area (Å²) in [5.41, 5.74) is 3.70. The number of ether oxygens (including phenoxy) is 2. The Bertz CT molecular complexity index is 919. The highest BCUT2D eigenvalue weighted by atomic mass is 16.6. The molecule has 1 aromatic heterocycles. The van der Waals surface area contributed by atoms with Crippen LogP contribution in [0.5, 0.6) is 5.75 Å². The van der Waals surface area contributed by atoms with Crippen LogP contribution in [0.2, 0.25) is 0 Å². The standard InChI is InChI=1S/C19H19N3O3/c1-12-13-4-2-5-14(10-13)18-16-11-15(6-7-17(16)21-22-18)24-9-3-8-20-19(23)25-12/h2,4-7,10-12H,3,8-9H2,1H3,(H,20,23)(H,21,22)/t12-/m0/s1. The number of amides is 1. The number of aromatic amines is 1. The van der Waals surface area contributed by atoms with Crippen LogP contribution >= 0.6 is 0 Å². The van der Waals surface area contributed by atoms with Gasteiger partial charge in [-0.3, -0.25) is 5.10 Å². The molecule has 3 aromatic rings. The number of rotatable bonds is 0. The zero-order valence-electron chi connectivity index (χ0n) is 13.9. The third kappa shape index (κ3) is 3.15. The molecule has 25 heavy (non-hydrogen) atoms. The van der Waals surface area contributed by atoms with Crippen LogP contribution in [0.4, 0.5) is 4.79 Å². The predicted octanol–water partition coefficient (Wildman–Crippen LogP) is 3.80. The molecule has 4 rings (SSSR count). The summed E-state index contributed by atoms with van der Waals surface area (Å²) in [6.45, 7) is 2.88. The Morgan fingerprint density at radius 3 is 3.04 bits per heavy atom. The number of cyclic esters (lactones) is 1. The number of carbonyl (C=O) groups is 1. The van der Waals surface area contributed by atoms with Crippen molar-refractivity contribution >= 4 is 17.0 Å². The number of benzene rings is 2. The highest BCUT2D eigenvalue weighted by molar-refractivity contribution is 5.93. The normalized spacial score (nSPS) is 18.0. The van der Waals surface area contributed by atoms with Crippen molar-refractivity contribution in [1.29, 1.82) is 0 Å². The molecule has 1 atom stereocenters. The van der Waals surface area contributed by atoms with Crippen molar-refractivity contribution in [1.82, 2.24) is 15.5 Å². The molecule has 0 spiro atoms. The first-order valence-corrected chi connectivity index (χ1v) is 8.36. The summed E-state index contributed by atoms with van der Waals surface area (Å²) in [5, 5.41) is 11.3. The number of hydrogen-bond acceptors (Lipinski definition) is 4. The van der Waals surface area contributed by atoms with E-state index in [-0.39, 0.29) is 6.10 Å². The molecule has 6 nitrogen and oxygen atoms in total. The van der Waals surface area contributed by atoms with E-state index in [0.29, 0.717) is 19.6 Å². The third-order valence-corrected chi connectivity index (χ3v) is 4.31. The Labute approximate surface area is 145 Å². The average Bonchev–Trinajstić information content (AvgIpc) is 3.04. The molecule has 2 N–H and O–H groups in total. The second-order valence-electron chi connectivity index (χ2n) is 6.08. The summed E-state index contributed by atoms with van der Waals surface area (Å²) in [6, 6.07) is 13.8. The number of nitrogens with zero attached hydrogens (tertiary/aromatic N) is 1. The fraction of sp³-hybridized carbons (Fsp3) is 0.263. The number of fused-ring (bicyclic) bond motifs is 4. The van der Waals surface area contributed by atoms with Crippen molar-refractivity contribution < 1.29 is 14.3 Å². The van der Waals surface area contributed by atoms with Crippen LogP contribution in [0.15, 0.2) is 42.5 Å². The number of alkyl carbamates (subject to hydrolysis) is 1. The first kappa shape index (κ1) is 15.5. The van der Waals surface area contributed by atoms with E-state index in [0.717, 1.165) is 33.5 Å². The molecule has 1 aliphatic rings. The minimum atomic E-state index is -0.421. The molecule has 128 valence electrons. The second-order valence-corrected chi connectivity index (χ2v) is 6.08. The molecule has 2 heterocycles. The Hall–Kier alpha value is -3.02. The van der Waals surface area contributed by atoms with Crippen LogP contribution in [0.25, 0.3) is 22.2 Å². The Morgan fingerprint density at radius 1 is 1.20 bits per heavy atom. The van der Waals surface area contributed by atoms with Gasteiger partial charge >= 0.3 is 6.09 Å². The van der Waals surface area contributed by atoms with Crippen LogP contribution in [0.1, 0.15) is 25.0 Å². The van der Waals surface area contributed by atoms with E-state index in [2.05, 4.69) is 15.5 Å². The number of aromatic nitrogens is 2. The second kappa shape index (κ2) is 6.47. The monoisotopic (exact) mass is 337 g/mol.